The number of hydrogen-bond donors (Lipinski definition) is 2. The number of nitrogens with zero attached hydrogens (tertiary/aromatic N) is 1. The predicted molar refractivity (Wildman–Crippen MR) is 70.9 cm³/mol. The first-order chi connectivity index (χ1) is 9.52. The number of hydrogen-bond acceptors (Lipinski definition) is 4. The molecule has 6 heteroatoms. The maximum atomic E-state index is 12.3. The number of amides is 1. The molecule has 6 nitrogen and oxygen atoms in total. The molecule has 1 aliphatic rings. The monoisotopic (exact) mass is 279 g/mol. The van der Waals surface area contributed by atoms with Crippen molar-refractivity contribution in [3.63, 3.8) is 0 Å². The number of methoxy groups -OCH3 is 1. The fourth-order valence-corrected chi connectivity index (χ4v) is 2.35. The first-order valence-corrected chi connectivity index (χ1v) is 6.42. The predicted octanol–water partition coefficient (Wildman–Crippen LogP) is 1.34. The zero-order valence-corrected chi connectivity index (χ0v) is 11.2. The molecule has 1 aromatic rings. The Labute approximate surface area is 116 Å². The van der Waals surface area contributed by atoms with E-state index in [1.165, 1.54) is 24.1 Å². The molecule has 20 heavy (non-hydrogen) atoms. The molecule has 1 aliphatic heterocycles. The Morgan fingerprint density at radius 1 is 1.40 bits per heavy atom. The minimum absolute atomic E-state index is 0.160. The van der Waals surface area contributed by atoms with Crippen LogP contribution < -0.4 is 4.74 Å². The Morgan fingerprint density at radius 3 is 2.75 bits per heavy atom. The maximum absolute atomic E-state index is 12.3. The Kier molecular flexibility index (Phi) is 4.12. The Morgan fingerprint density at radius 2 is 2.15 bits per heavy atom. The van der Waals surface area contributed by atoms with Crippen molar-refractivity contribution in [2.75, 3.05) is 20.2 Å². The average molecular weight is 279 g/mol. The van der Waals surface area contributed by atoms with Crippen molar-refractivity contribution in [3.8, 4) is 11.5 Å². The van der Waals surface area contributed by atoms with E-state index in [0.29, 0.717) is 25.1 Å². The van der Waals surface area contributed by atoms with Gasteiger partial charge < -0.3 is 19.8 Å². The van der Waals surface area contributed by atoms with E-state index in [-0.39, 0.29) is 23.8 Å². The molecule has 108 valence electrons. The normalized spacial score (nSPS) is 18.6. The van der Waals surface area contributed by atoms with Crippen molar-refractivity contribution in [2.24, 2.45) is 5.92 Å². The molecule has 0 aliphatic carbocycles. The lowest BCUT2D eigenvalue weighted by atomic mass is 9.97. The molecule has 0 bridgehead atoms. The van der Waals surface area contributed by atoms with E-state index in [2.05, 4.69) is 0 Å². The van der Waals surface area contributed by atoms with Crippen LogP contribution in [0.4, 0.5) is 0 Å². The van der Waals surface area contributed by atoms with Gasteiger partial charge in [-0.15, -0.1) is 0 Å². The third kappa shape index (κ3) is 2.84. The van der Waals surface area contributed by atoms with Gasteiger partial charge in [0.15, 0.2) is 0 Å². The van der Waals surface area contributed by atoms with Gasteiger partial charge in [-0.2, -0.15) is 0 Å². The van der Waals surface area contributed by atoms with Crippen molar-refractivity contribution in [1.82, 2.24) is 4.90 Å². The van der Waals surface area contributed by atoms with Crippen LogP contribution in [0.2, 0.25) is 0 Å². The van der Waals surface area contributed by atoms with E-state index in [9.17, 15) is 14.7 Å². The summed E-state index contributed by atoms with van der Waals surface area (Å²) in [6, 6.07) is 4.44. The van der Waals surface area contributed by atoms with Crippen LogP contribution in [0, 0.1) is 5.92 Å². The van der Waals surface area contributed by atoms with E-state index >= 15 is 0 Å². The summed E-state index contributed by atoms with van der Waals surface area (Å²) in [5.41, 5.74) is 0.164. The lowest BCUT2D eigenvalue weighted by Crippen LogP contribution is -2.42. The molecule has 1 saturated heterocycles. The summed E-state index contributed by atoms with van der Waals surface area (Å²) in [7, 11) is 1.47. The van der Waals surface area contributed by atoms with Gasteiger partial charge >= 0.3 is 5.97 Å². The number of aliphatic carboxylic acids is 1. The van der Waals surface area contributed by atoms with Crippen LogP contribution in [-0.4, -0.2) is 47.2 Å². The number of rotatable bonds is 3. The van der Waals surface area contributed by atoms with E-state index in [4.69, 9.17) is 9.84 Å². The van der Waals surface area contributed by atoms with E-state index in [0.717, 1.165) is 0 Å². The van der Waals surface area contributed by atoms with Crippen LogP contribution in [0.15, 0.2) is 18.2 Å². The van der Waals surface area contributed by atoms with E-state index in [1.54, 1.807) is 6.07 Å². The zero-order valence-electron chi connectivity index (χ0n) is 11.2. The quantitative estimate of drug-likeness (QED) is 0.871. The number of carbonyl (C=O) groups excluding carboxylic acids is 1. The topological polar surface area (TPSA) is 87.1 Å². The smallest absolute Gasteiger partial charge is 0.308 e. The van der Waals surface area contributed by atoms with Crippen LogP contribution in [0.3, 0.4) is 0 Å². The number of phenols is 1. The Hall–Kier alpha value is -2.24. The summed E-state index contributed by atoms with van der Waals surface area (Å²) in [6.07, 6.45) is 1.23. The maximum Gasteiger partial charge on any atom is 0.308 e. The van der Waals surface area contributed by atoms with Gasteiger partial charge in [0.2, 0.25) is 0 Å². The van der Waals surface area contributed by atoms with E-state index in [1.807, 2.05) is 0 Å². The molecule has 0 radical (unpaired) electrons. The molecule has 1 heterocycles. The molecular weight excluding hydrogens is 262 g/mol. The van der Waals surface area contributed by atoms with Gasteiger partial charge in [-0.1, -0.05) is 0 Å². The highest BCUT2D eigenvalue weighted by molar-refractivity contribution is 5.97. The van der Waals surface area contributed by atoms with Crippen molar-refractivity contribution in [3.05, 3.63) is 23.8 Å². The third-order valence-corrected chi connectivity index (χ3v) is 3.49. The van der Waals surface area contributed by atoms with Crippen molar-refractivity contribution < 1.29 is 24.5 Å². The molecule has 1 unspecified atom stereocenters. The molecular formula is C14H17NO5. The summed E-state index contributed by atoms with van der Waals surface area (Å²) < 4.78 is 4.96. The van der Waals surface area contributed by atoms with Crippen molar-refractivity contribution in [1.29, 1.82) is 0 Å². The first kappa shape index (κ1) is 14.2. The van der Waals surface area contributed by atoms with Gasteiger partial charge in [0, 0.05) is 19.2 Å². The SMILES string of the molecule is COc1ccc(C(=O)N2CCCC(C(=O)O)C2)c(O)c1. The van der Waals surface area contributed by atoms with Gasteiger partial charge in [-0.3, -0.25) is 9.59 Å². The highest BCUT2D eigenvalue weighted by Crippen LogP contribution is 2.26. The summed E-state index contributed by atoms with van der Waals surface area (Å²) in [6.45, 7) is 0.688. The van der Waals surface area contributed by atoms with Crippen molar-refractivity contribution in [2.45, 2.75) is 12.8 Å². The number of carbonyl (C=O) groups is 2. The molecule has 2 N–H and O–H groups in total. The highest BCUT2D eigenvalue weighted by atomic mass is 16.5. The lowest BCUT2D eigenvalue weighted by Gasteiger charge is -2.30. The minimum atomic E-state index is -0.888. The van der Waals surface area contributed by atoms with Crippen LogP contribution >= 0.6 is 0 Å². The molecule has 1 fully saturated rings. The van der Waals surface area contributed by atoms with Crippen LogP contribution in [0.5, 0.6) is 11.5 Å². The number of carboxylic acids is 1. The molecule has 1 atom stereocenters. The third-order valence-electron chi connectivity index (χ3n) is 3.49. The molecule has 0 aromatic heterocycles. The lowest BCUT2D eigenvalue weighted by molar-refractivity contribution is -0.143. The number of piperidine rings is 1. The molecule has 2 rings (SSSR count). The number of ether oxygens (including phenoxy) is 1. The van der Waals surface area contributed by atoms with E-state index < -0.39 is 11.9 Å². The molecule has 1 amide bonds. The fourth-order valence-electron chi connectivity index (χ4n) is 2.35. The minimum Gasteiger partial charge on any atom is -0.507 e. The largest absolute Gasteiger partial charge is 0.507 e. The average Bonchev–Trinajstić information content (AvgIpc) is 2.46. The van der Waals surface area contributed by atoms with Gasteiger partial charge in [0.05, 0.1) is 18.6 Å². The van der Waals surface area contributed by atoms with Gasteiger partial charge in [0.25, 0.3) is 5.91 Å². The Bertz CT molecular complexity index is 528. The Balaban J connectivity index is 2.16. The number of phenolic OH excluding ortho intramolecular Hbond substituents is 1. The zero-order chi connectivity index (χ0) is 14.7. The van der Waals surface area contributed by atoms with Gasteiger partial charge in [-0.05, 0) is 25.0 Å². The van der Waals surface area contributed by atoms with Crippen LogP contribution in [-0.2, 0) is 4.79 Å². The number of likely N-dealkylation sites (tertiary alicyclic amines) is 1. The summed E-state index contributed by atoms with van der Waals surface area (Å²) in [5, 5.41) is 18.9. The summed E-state index contributed by atoms with van der Waals surface area (Å²) in [5.74, 6) is -1.47. The summed E-state index contributed by atoms with van der Waals surface area (Å²) >= 11 is 0. The summed E-state index contributed by atoms with van der Waals surface area (Å²) in [4.78, 5) is 24.8. The van der Waals surface area contributed by atoms with Gasteiger partial charge in [-0.25, -0.2) is 0 Å². The molecule has 0 spiro atoms. The first-order valence-electron chi connectivity index (χ1n) is 6.42. The number of aromatic hydroxyl groups is 1. The molecule has 0 saturated carbocycles. The molecule has 1 aromatic carbocycles. The number of benzene rings is 1. The second-order valence-corrected chi connectivity index (χ2v) is 4.81. The van der Waals surface area contributed by atoms with Crippen molar-refractivity contribution >= 4 is 11.9 Å². The number of carboxylic acid groups (broad SMARTS) is 1. The highest BCUT2D eigenvalue weighted by Gasteiger charge is 2.29. The second kappa shape index (κ2) is 5.81. The van der Waals surface area contributed by atoms with Crippen LogP contribution in [0.25, 0.3) is 0 Å². The van der Waals surface area contributed by atoms with Crippen LogP contribution in [0.1, 0.15) is 23.2 Å². The second-order valence-electron chi connectivity index (χ2n) is 4.81. The van der Waals surface area contributed by atoms with Gasteiger partial charge in [0.1, 0.15) is 11.5 Å². The fraction of sp³-hybridized carbons (Fsp3) is 0.429. The standard InChI is InChI=1S/C14H17NO5/c1-20-10-4-5-11(12(16)7-10)13(17)15-6-2-3-9(8-15)14(18)19/h4-5,7,9,16H,2-3,6,8H2,1H3,(H,18,19).